The van der Waals surface area contributed by atoms with Crippen LogP contribution in [0.5, 0.6) is 5.75 Å². The minimum atomic E-state index is -0.773. The van der Waals surface area contributed by atoms with Gasteiger partial charge in [0, 0.05) is 6.42 Å². The second-order valence-electron chi connectivity index (χ2n) is 6.93. The van der Waals surface area contributed by atoms with Gasteiger partial charge in [-0.25, -0.2) is 4.39 Å². The van der Waals surface area contributed by atoms with Crippen molar-refractivity contribution in [1.29, 1.82) is 0 Å². The Bertz CT molecular complexity index is 472. The number of hydrogen-bond donors (Lipinski definition) is 1. The molecule has 1 saturated carbocycles. The number of halogens is 1. The number of aliphatic hydroxyl groups is 1. The van der Waals surface area contributed by atoms with Crippen LogP contribution in [0.25, 0.3) is 0 Å². The zero-order valence-corrected chi connectivity index (χ0v) is 13.4. The normalized spacial score (nSPS) is 26.1. The van der Waals surface area contributed by atoms with Crippen molar-refractivity contribution in [2.75, 3.05) is 7.11 Å². The summed E-state index contributed by atoms with van der Waals surface area (Å²) in [5.74, 6) is 1.12. The average molecular weight is 294 g/mol. The molecule has 1 fully saturated rings. The van der Waals surface area contributed by atoms with E-state index in [9.17, 15) is 9.50 Å². The first-order chi connectivity index (χ1) is 9.93. The summed E-state index contributed by atoms with van der Waals surface area (Å²) in [5.41, 5.74) is -0.215. The molecule has 0 saturated heterocycles. The molecule has 3 heteroatoms. The van der Waals surface area contributed by atoms with Crippen LogP contribution in [0, 0.1) is 17.7 Å². The Kier molecular flexibility index (Phi) is 5.26. The first-order valence-electron chi connectivity index (χ1n) is 7.97. The average Bonchev–Trinajstić information content (AvgIpc) is 2.40. The summed E-state index contributed by atoms with van der Waals surface area (Å²) in [4.78, 5) is 0. The summed E-state index contributed by atoms with van der Waals surface area (Å²) < 4.78 is 19.3. The maximum atomic E-state index is 14.3. The summed E-state index contributed by atoms with van der Waals surface area (Å²) >= 11 is 0. The van der Waals surface area contributed by atoms with Crippen molar-refractivity contribution in [2.24, 2.45) is 11.8 Å². The molecule has 1 aromatic rings. The van der Waals surface area contributed by atoms with Gasteiger partial charge in [0.15, 0.2) is 11.6 Å². The lowest BCUT2D eigenvalue weighted by Gasteiger charge is -2.37. The minimum Gasteiger partial charge on any atom is -0.494 e. The molecule has 0 amide bonds. The van der Waals surface area contributed by atoms with E-state index in [2.05, 4.69) is 13.8 Å². The Morgan fingerprint density at radius 1 is 1.43 bits per heavy atom. The standard InChI is InChI=1S/C18H27FO2/c1-13(2)10-14-6-5-9-18(20,11-14)12-15-7-4-8-16(21-3)17(15)19/h4,7-8,13-14,20H,5-6,9-12H2,1-3H3. The van der Waals surface area contributed by atoms with Gasteiger partial charge in [0.1, 0.15) is 0 Å². The molecule has 0 heterocycles. The van der Waals surface area contributed by atoms with Crippen molar-refractivity contribution in [2.45, 2.75) is 58.0 Å². The van der Waals surface area contributed by atoms with Crippen LogP contribution in [-0.2, 0) is 6.42 Å². The van der Waals surface area contributed by atoms with Crippen LogP contribution in [0.2, 0.25) is 0 Å². The Labute approximate surface area is 127 Å². The van der Waals surface area contributed by atoms with Gasteiger partial charge in [-0.3, -0.25) is 0 Å². The molecule has 2 nitrogen and oxygen atoms in total. The molecular weight excluding hydrogens is 267 g/mol. The predicted molar refractivity (Wildman–Crippen MR) is 83.0 cm³/mol. The van der Waals surface area contributed by atoms with Gasteiger partial charge in [-0.15, -0.1) is 0 Å². The van der Waals surface area contributed by atoms with Crippen LogP contribution in [0.4, 0.5) is 4.39 Å². The summed E-state index contributed by atoms with van der Waals surface area (Å²) in [6.45, 7) is 4.44. The first kappa shape index (κ1) is 16.3. The van der Waals surface area contributed by atoms with E-state index in [1.807, 2.05) is 0 Å². The molecule has 1 aliphatic carbocycles. The lowest BCUT2D eigenvalue weighted by Crippen LogP contribution is -2.38. The highest BCUT2D eigenvalue weighted by atomic mass is 19.1. The second kappa shape index (κ2) is 6.78. The van der Waals surface area contributed by atoms with Crippen LogP contribution in [0.3, 0.4) is 0 Å². The maximum Gasteiger partial charge on any atom is 0.168 e. The minimum absolute atomic E-state index is 0.255. The van der Waals surface area contributed by atoms with Crippen LogP contribution in [0.15, 0.2) is 18.2 Å². The number of rotatable bonds is 5. The van der Waals surface area contributed by atoms with E-state index >= 15 is 0 Å². The van der Waals surface area contributed by atoms with E-state index in [0.717, 1.165) is 25.7 Å². The molecule has 2 atom stereocenters. The van der Waals surface area contributed by atoms with Gasteiger partial charge in [-0.2, -0.15) is 0 Å². The Hall–Kier alpha value is -1.09. The summed E-state index contributed by atoms with van der Waals surface area (Å²) in [7, 11) is 1.47. The third-order valence-electron chi connectivity index (χ3n) is 4.51. The van der Waals surface area contributed by atoms with Crippen LogP contribution in [0.1, 0.15) is 51.5 Å². The van der Waals surface area contributed by atoms with E-state index in [0.29, 0.717) is 23.8 Å². The fourth-order valence-electron chi connectivity index (χ4n) is 3.69. The third-order valence-corrected chi connectivity index (χ3v) is 4.51. The number of methoxy groups -OCH3 is 1. The zero-order chi connectivity index (χ0) is 15.5. The lowest BCUT2D eigenvalue weighted by molar-refractivity contribution is -0.0195. The van der Waals surface area contributed by atoms with E-state index < -0.39 is 5.60 Å². The Balaban J connectivity index is 2.10. The highest BCUT2D eigenvalue weighted by Gasteiger charge is 2.35. The topological polar surface area (TPSA) is 29.5 Å². The molecule has 0 aliphatic heterocycles. The molecule has 118 valence electrons. The largest absolute Gasteiger partial charge is 0.494 e. The van der Waals surface area contributed by atoms with Gasteiger partial charge in [0.2, 0.25) is 0 Å². The Morgan fingerprint density at radius 2 is 2.19 bits per heavy atom. The summed E-state index contributed by atoms with van der Waals surface area (Å²) in [5, 5.41) is 10.9. The molecule has 1 aliphatic rings. The van der Waals surface area contributed by atoms with Crippen LogP contribution >= 0.6 is 0 Å². The fraction of sp³-hybridized carbons (Fsp3) is 0.667. The molecule has 1 N–H and O–H groups in total. The molecule has 0 radical (unpaired) electrons. The van der Waals surface area contributed by atoms with Crippen LogP contribution < -0.4 is 4.74 Å². The fourth-order valence-corrected chi connectivity index (χ4v) is 3.69. The summed E-state index contributed by atoms with van der Waals surface area (Å²) in [6, 6.07) is 5.15. The molecule has 0 aromatic heterocycles. The quantitative estimate of drug-likeness (QED) is 0.875. The highest BCUT2D eigenvalue weighted by Crippen LogP contribution is 2.38. The van der Waals surface area contributed by atoms with Crippen molar-refractivity contribution in [3.63, 3.8) is 0 Å². The molecule has 2 rings (SSSR count). The smallest absolute Gasteiger partial charge is 0.168 e. The van der Waals surface area contributed by atoms with Crippen molar-refractivity contribution in [3.8, 4) is 5.75 Å². The van der Waals surface area contributed by atoms with E-state index in [1.165, 1.54) is 13.5 Å². The molecule has 1 aromatic carbocycles. The number of benzene rings is 1. The first-order valence-corrected chi connectivity index (χ1v) is 7.97. The van der Waals surface area contributed by atoms with Gasteiger partial charge in [0.05, 0.1) is 12.7 Å². The molecule has 2 unspecified atom stereocenters. The van der Waals surface area contributed by atoms with Gasteiger partial charge < -0.3 is 9.84 Å². The van der Waals surface area contributed by atoms with Gasteiger partial charge >= 0.3 is 0 Å². The molecular formula is C18H27FO2. The zero-order valence-electron chi connectivity index (χ0n) is 13.4. The van der Waals surface area contributed by atoms with Gasteiger partial charge in [0.25, 0.3) is 0 Å². The monoisotopic (exact) mass is 294 g/mol. The van der Waals surface area contributed by atoms with E-state index in [-0.39, 0.29) is 11.6 Å². The van der Waals surface area contributed by atoms with Crippen molar-refractivity contribution >= 4 is 0 Å². The third kappa shape index (κ3) is 4.19. The molecule has 0 bridgehead atoms. The molecule has 21 heavy (non-hydrogen) atoms. The SMILES string of the molecule is COc1cccc(CC2(O)CCCC(CC(C)C)C2)c1F. The Morgan fingerprint density at radius 3 is 2.86 bits per heavy atom. The summed E-state index contributed by atoms with van der Waals surface area (Å²) in [6.07, 6.45) is 5.27. The van der Waals surface area contributed by atoms with Crippen molar-refractivity contribution < 1.29 is 14.2 Å². The predicted octanol–water partition coefficient (Wildman–Crippen LogP) is 4.34. The second-order valence-corrected chi connectivity index (χ2v) is 6.93. The number of hydrogen-bond acceptors (Lipinski definition) is 2. The van der Waals surface area contributed by atoms with Crippen molar-refractivity contribution in [1.82, 2.24) is 0 Å². The van der Waals surface area contributed by atoms with Crippen LogP contribution in [-0.4, -0.2) is 17.8 Å². The highest BCUT2D eigenvalue weighted by molar-refractivity contribution is 5.32. The van der Waals surface area contributed by atoms with Crippen molar-refractivity contribution in [3.05, 3.63) is 29.6 Å². The van der Waals surface area contributed by atoms with Gasteiger partial charge in [-0.1, -0.05) is 38.8 Å². The maximum absolute atomic E-state index is 14.3. The van der Waals surface area contributed by atoms with E-state index in [4.69, 9.17) is 4.74 Å². The van der Waals surface area contributed by atoms with Gasteiger partial charge in [-0.05, 0) is 42.7 Å². The molecule has 0 spiro atoms. The van der Waals surface area contributed by atoms with E-state index in [1.54, 1.807) is 18.2 Å². The lowest BCUT2D eigenvalue weighted by atomic mass is 9.73. The number of ether oxygens (including phenoxy) is 1.